The number of hydrogen-bond acceptors (Lipinski definition) is 7. The van der Waals surface area contributed by atoms with Crippen LogP contribution in [0.25, 0.3) is 11.1 Å². The second-order valence-electron chi connectivity index (χ2n) is 6.78. The minimum absolute atomic E-state index is 0.0614. The van der Waals surface area contributed by atoms with Gasteiger partial charge in [-0.05, 0) is 24.6 Å². The minimum Gasteiger partial charge on any atom is -0.462 e. The van der Waals surface area contributed by atoms with Crippen molar-refractivity contribution in [1.29, 1.82) is 0 Å². The average molecular weight is 448 g/mol. The summed E-state index contributed by atoms with van der Waals surface area (Å²) in [5, 5.41) is 13.9. The van der Waals surface area contributed by atoms with Gasteiger partial charge in [-0.3, -0.25) is 14.9 Å². The van der Waals surface area contributed by atoms with Crippen molar-refractivity contribution >= 4 is 29.2 Å². The molecule has 0 aliphatic rings. The van der Waals surface area contributed by atoms with E-state index in [0.717, 1.165) is 29.3 Å². The number of nitrogens with one attached hydrogen (secondary N) is 1. The van der Waals surface area contributed by atoms with Gasteiger partial charge in [-0.25, -0.2) is 9.59 Å². The molecule has 9 heteroatoms. The number of rotatable bonds is 8. The molecule has 0 unspecified atom stereocenters. The van der Waals surface area contributed by atoms with Crippen LogP contribution < -0.4 is 5.32 Å². The van der Waals surface area contributed by atoms with Crippen LogP contribution in [0.2, 0.25) is 0 Å². The molecule has 1 amide bonds. The molecule has 0 radical (unpaired) electrons. The number of hydrogen-bond donors (Lipinski definition) is 1. The zero-order valence-corrected chi connectivity index (χ0v) is 17.6. The molecule has 168 valence electrons. The number of para-hydroxylation sites is 1. The van der Waals surface area contributed by atoms with Crippen molar-refractivity contribution < 1.29 is 28.8 Å². The number of carbonyl (C=O) groups is 3. The molecule has 1 N–H and O–H groups in total. The molecule has 0 fully saturated rings. The highest BCUT2D eigenvalue weighted by molar-refractivity contribution is 5.99. The molecule has 0 spiro atoms. The van der Waals surface area contributed by atoms with Crippen LogP contribution in [0, 0.1) is 10.1 Å². The summed E-state index contributed by atoms with van der Waals surface area (Å²) in [7, 11) is 0. The van der Waals surface area contributed by atoms with Crippen molar-refractivity contribution in [3.05, 3.63) is 94.0 Å². The number of non-ortho nitro benzene ring substituents is 1. The molecule has 9 nitrogen and oxygen atoms in total. The Morgan fingerprint density at radius 2 is 1.48 bits per heavy atom. The smallest absolute Gasteiger partial charge is 0.338 e. The first-order chi connectivity index (χ1) is 15.9. The molecular weight excluding hydrogens is 428 g/mol. The summed E-state index contributed by atoms with van der Waals surface area (Å²) in [5.41, 5.74) is 1.33. The van der Waals surface area contributed by atoms with Gasteiger partial charge >= 0.3 is 11.9 Å². The lowest BCUT2D eigenvalue weighted by Crippen LogP contribution is -2.21. The van der Waals surface area contributed by atoms with Gasteiger partial charge in [0.05, 0.1) is 22.7 Å². The van der Waals surface area contributed by atoms with Crippen LogP contribution in [-0.4, -0.2) is 36.0 Å². The summed E-state index contributed by atoms with van der Waals surface area (Å²) in [4.78, 5) is 47.2. The van der Waals surface area contributed by atoms with E-state index >= 15 is 0 Å². The molecule has 0 aromatic heterocycles. The molecule has 3 aromatic carbocycles. The molecule has 0 heterocycles. The number of benzene rings is 3. The monoisotopic (exact) mass is 448 g/mol. The number of carbonyl (C=O) groups excluding carboxylic acids is 3. The largest absolute Gasteiger partial charge is 0.462 e. The standard InChI is InChI=1S/C24H20N2O7/c1-2-32-23(28)17-12-18(14-19(13-17)26(30)31)24(29)33-15-22(27)25-21-11-7-6-10-20(21)16-8-4-3-5-9-16/h3-14H,2,15H2,1H3,(H,25,27). The Hall–Kier alpha value is -4.53. The first kappa shape index (κ1) is 23.1. The van der Waals surface area contributed by atoms with Gasteiger partial charge in [-0.1, -0.05) is 48.5 Å². The van der Waals surface area contributed by atoms with Gasteiger partial charge in [0.2, 0.25) is 0 Å². The lowest BCUT2D eigenvalue weighted by Gasteiger charge is -2.12. The lowest BCUT2D eigenvalue weighted by molar-refractivity contribution is -0.384. The number of nitro groups is 1. The van der Waals surface area contributed by atoms with Gasteiger partial charge in [0.1, 0.15) is 0 Å². The fourth-order valence-electron chi connectivity index (χ4n) is 3.03. The van der Waals surface area contributed by atoms with Crippen LogP contribution in [0.15, 0.2) is 72.8 Å². The first-order valence-electron chi connectivity index (χ1n) is 9.97. The number of anilines is 1. The van der Waals surface area contributed by atoms with E-state index in [4.69, 9.17) is 9.47 Å². The van der Waals surface area contributed by atoms with Crippen LogP contribution in [0.3, 0.4) is 0 Å². The predicted molar refractivity (Wildman–Crippen MR) is 120 cm³/mol. The van der Waals surface area contributed by atoms with Gasteiger partial charge in [0.15, 0.2) is 6.61 Å². The van der Waals surface area contributed by atoms with Gasteiger partial charge in [0.25, 0.3) is 11.6 Å². The molecule has 33 heavy (non-hydrogen) atoms. The number of nitrogens with zero attached hydrogens (tertiary/aromatic N) is 1. The zero-order chi connectivity index (χ0) is 23.8. The van der Waals surface area contributed by atoms with Gasteiger partial charge in [-0.15, -0.1) is 0 Å². The highest BCUT2D eigenvalue weighted by Gasteiger charge is 2.20. The van der Waals surface area contributed by atoms with Gasteiger partial charge < -0.3 is 14.8 Å². The summed E-state index contributed by atoms with van der Waals surface area (Å²) in [5.74, 6) is -2.40. The Labute approximate surface area is 189 Å². The average Bonchev–Trinajstić information content (AvgIpc) is 2.83. The maximum atomic E-state index is 12.4. The predicted octanol–water partition coefficient (Wildman–Crippen LogP) is 4.23. The summed E-state index contributed by atoms with van der Waals surface area (Å²) in [6, 6.07) is 19.7. The van der Waals surface area contributed by atoms with E-state index in [1.807, 2.05) is 42.5 Å². The number of nitro benzene ring substituents is 1. The third-order valence-corrected chi connectivity index (χ3v) is 4.50. The molecule has 0 saturated heterocycles. The maximum Gasteiger partial charge on any atom is 0.338 e. The van der Waals surface area contributed by atoms with Gasteiger partial charge in [0, 0.05) is 23.4 Å². The number of ether oxygens (including phenoxy) is 2. The molecule has 0 aliphatic heterocycles. The Balaban J connectivity index is 1.71. The minimum atomic E-state index is -0.990. The van der Waals surface area contributed by atoms with Crippen molar-refractivity contribution in [2.24, 2.45) is 0 Å². The van der Waals surface area contributed by atoms with Crippen LogP contribution in [0.1, 0.15) is 27.6 Å². The molecule has 0 aliphatic carbocycles. The molecule has 3 rings (SSSR count). The van der Waals surface area contributed by atoms with E-state index in [9.17, 15) is 24.5 Å². The summed E-state index contributed by atoms with van der Waals surface area (Å²) in [6.45, 7) is 1.02. The first-order valence-corrected chi connectivity index (χ1v) is 9.97. The fraction of sp³-hybridized carbons (Fsp3) is 0.125. The molecule has 3 aromatic rings. The Bertz CT molecular complexity index is 1190. The highest BCUT2D eigenvalue weighted by Crippen LogP contribution is 2.27. The van der Waals surface area contributed by atoms with E-state index in [-0.39, 0.29) is 17.7 Å². The highest BCUT2D eigenvalue weighted by atomic mass is 16.6. The SMILES string of the molecule is CCOC(=O)c1cc(C(=O)OCC(=O)Nc2ccccc2-c2ccccc2)cc([N+](=O)[O-])c1. The van der Waals surface area contributed by atoms with E-state index in [0.29, 0.717) is 5.69 Å². The van der Waals surface area contributed by atoms with Crippen LogP contribution in [0.4, 0.5) is 11.4 Å². The third-order valence-electron chi connectivity index (χ3n) is 4.50. The van der Waals surface area contributed by atoms with E-state index in [1.54, 1.807) is 19.1 Å². The summed E-state index contributed by atoms with van der Waals surface area (Å²) >= 11 is 0. The summed E-state index contributed by atoms with van der Waals surface area (Å²) < 4.78 is 9.84. The van der Waals surface area contributed by atoms with Crippen molar-refractivity contribution in [1.82, 2.24) is 0 Å². The second-order valence-corrected chi connectivity index (χ2v) is 6.78. The Kier molecular flexibility index (Phi) is 7.48. The van der Waals surface area contributed by atoms with E-state index < -0.39 is 35.1 Å². The van der Waals surface area contributed by atoms with Gasteiger partial charge in [-0.2, -0.15) is 0 Å². The topological polar surface area (TPSA) is 125 Å². The maximum absolute atomic E-state index is 12.4. The van der Waals surface area contributed by atoms with Crippen molar-refractivity contribution in [2.45, 2.75) is 6.92 Å². The molecule has 0 bridgehead atoms. The van der Waals surface area contributed by atoms with Crippen LogP contribution in [-0.2, 0) is 14.3 Å². The number of amides is 1. The van der Waals surface area contributed by atoms with E-state index in [2.05, 4.69) is 5.32 Å². The normalized spacial score (nSPS) is 10.2. The lowest BCUT2D eigenvalue weighted by atomic mass is 10.0. The number of esters is 2. The molecule has 0 saturated carbocycles. The van der Waals surface area contributed by atoms with Crippen molar-refractivity contribution in [3.63, 3.8) is 0 Å². The van der Waals surface area contributed by atoms with Crippen molar-refractivity contribution in [2.75, 3.05) is 18.5 Å². The second kappa shape index (κ2) is 10.7. The van der Waals surface area contributed by atoms with Crippen LogP contribution >= 0.6 is 0 Å². The third kappa shape index (κ3) is 6.01. The molecule has 0 atom stereocenters. The fourth-order valence-corrected chi connectivity index (χ4v) is 3.03. The quantitative estimate of drug-likeness (QED) is 0.310. The van der Waals surface area contributed by atoms with E-state index in [1.165, 1.54) is 0 Å². The zero-order valence-electron chi connectivity index (χ0n) is 17.6. The Morgan fingerprint density at radius 3 is 2.12 bits per heavy atom. The van der Waals surface area contributed by atoms with Crippen molar-refractivity contribution in [3.8, 4) is 11.1 Å². The molecular formula is C24H20N2O7. The summed E-state index contributed by atoms with van der Waals surface area (Å²) in [6.07, 6.45) is 0. The Morgan fingerprint density at radius 1 is 0.879 bits per heavy atom. The van der Waals surface area contributed by atoms with Crippen LogP contribution in [0.5, 0.6) is 0 Å².